The molecule has 8 nitrogen and oxygen atoms in total. The van der Waals surface area contributed by atoms with E-state index in [0.29, 0.717) is 22.6 Å². The molecule has 0 fully saturated rings. The minimum Gasteiger partial charge on any atom is -0.484 e. The minimum atomic E-state index is -0.253. The number of nitrogens with one attached hydrogen (secondary N) is 2. The van der Waals surface area contributed by atoms with E-state index in [0.717, 1.165) is 9.26 Å². The zero-order valence-corrected chi connectivity index (χ0v) is 21.6. The summed E-state index contributed by atoms with van der Waals surface area (Å²) in [5.74, 6) is 1.50. The van der Waals surface area contributed by atoms with E-state index < -0.39 is 0 Å². The van der Waals surface area contributed by atoms with Crippen LogP contribution in [0.1, 0.15) is 31.2 Å². The van der Waals surface area contributed by atoms with E-state index in [1.165, 1.54) is 17.3 Å². The van der Waals surface area contributed by atoms with Crippen LogP contribution in [0.5, 0.6) is 5.75 Å². The lowest BCUT2D eigenvalue weighted by Crippen LogP contribution is -2.29. The zero-order valence-electron chi connectivity index (χ0n) is 18.7. The SMILES string of the molecule is CC(C)c1ccc(OCC(=O)NCc2nnc(SCC(=O)Nc3ccc(I)cc3)n2C)cc1. The van der Waals surface area contributed by atoms with Crippen LogP contribution in [-0.4, -0.2) is 38.9 Å². The van der Waals surface area contributed by atoms with Crippen molar-refractivity contribution in [1.82, 2.24) is 20.1 Å². The summed E-state index contributed by atoms with van der Waals surface area (Å²) in [6.07, 6.45) is 0. The van der Waals surface area contributed by atoms with Crippen molar-refractivity contribution < 1.29 is 14.3 Å². The van der Waals surface area contributed by atoms with Crippen molar-refractivity contribution >= 4 is 51.9 Å². The second-order valence-corrected chi connectivity index (χ2v) is 9.78. The highest BCUT2D eigenvalue weighted by atomic mass is 127. The largest absolute Gasteiger partial charge is 0.484 e. The van der Waals surface area contributed by atoms with Crippen LogP contribution in [-0.2, 0) is 23.2 Å². The molecule has 0 spiro atoms. The van der Waals surface area contributed by atoms with Gasteiger partial charge in [0.25, 0.3) is 5.91 Å². The molecule has 0 unspecified atom stereocenters. The first-order chi connectivity index (χ1) is 15.8. The lowest BCUT2D eigenvalue weighted by molar-refractivity contribution is -0.123. The minimum absolute atomic E-state index is 0.0841. The third-order valence-electron chi connectivity index (χ3n) is 4.75. The Balaban J connectivity index is 1.42. The molecule has 2 aromatic carbocycles. The Morgan fingerprint density at radius 1 is 1.06 bits per heavy atom. The van der Waals surface area contributed by atoms with E-state index in [4.69, 9.17) is 4.74 Å². The van der Waals surface area contributed by atoms with E-state index in [2.05, 4.69) is 57.3 Å². The Morgan fingerprint density at radius 3 is 2.42 bits per heavy atom. The molecule has 0 aliphatic rings. The lowest BCUT2D eigenvalue weighted by Gasteiger charge is -2.09. The van der Waals surface area contributed by atoms with Crippen LogP contribution in [0, 0.1) is 3.57 Å². The Kier molecular flexibility index (Phi) is 9.12. The number of thioether (sulfide) groups is 1. The maximum atomic E-state index is 12.2. The summed E-state index contributed by atoms with van der Waals surface area (Å²) >= 11 is 3.49. The number of carbonyl (C=O) groups excluding carboxylic acids is 2. The van der Waals surface area contributed by atoms with Crippen molar-refractivity contribution in [3.05, 3.63) is 63.5 Å². The molecule has 0 atom stereocenters. The highest BCUT2D eigenvalue weighted by Gasteiger charge is 2.13. The van der Waals surface area contributed by atoms with Crippen molar-refractivity contribution in [2.45, 2.75) is 31.5 Å². The fourth-order valence-electron chi connectivity index (χ4n) is 2.81. The van der Waals surface area contributed by atoms with E-state index in [1.807, 2.05) is 48.5 Å². The number of amides is 2. The molecule has 0 saturated heterocycles. The van der Waals surface area contributed by atoms with Gasteiger partial charge in [0.05, 0.1) is 12.3 Å². The standard InChI is InChI=1S/C23H26IN5O3S/c1-15(2)16-4-10-19(11-5-16)32-13-21(30)25-12-20-27-28-23(29(20)3)33-14-22(31)26-18-8-6-17(24)7-9-18/h4-11,15H,12-14H2,1-3H3,(H,25,30)(H,26,31). The molecular formula is C23H26IN5O3S. The van der Waals surface area contributed by atoms with E-state index in [9.17, 15) is 9.59 Å². The number of nitrogens with zero attached hydrogens (tertiary/aromatic N) is 3. The number of carbonyl (C=O) groups is 2. The normalized spacial score (nSPS) is 10.8. The second kappa shape index (κ2) is 12.0. The van der Waals surface area contributed by atoms with Crippen molar-refractivity contribution in [3.63, 3.8) is 0 Å². The fraction of sp³-hybridized carbons (Fsp3) is 0.304. The van der Waals surface area contributed by atoms with Gasteiger partial charge in [0.1, 0.15) is 5.75 Å². The summed E-state index contributed by atoms with van der Waals surface area (Å²) in [6, 6.07) is 15.3. The molecule has 0 aliphatic carbocycles. The highest BCUT2D eigenvalue weighted by molar-refractivity contribution is 14.1. The average Bonchev–Trinajstić information content (AvgIpc) is 3.16. The Labute approximate surface area is 211 Å². The monoisotopic (exact) mass is 579 g/mol. The molecule has 3 rings (SSSR count). The Morgan fingerprint density at radius 2 is 1.76 bits per heavy atom. The molecule has 2 N–H and O–H groups in total. The predicted octanol–water partition coefficient (Wildman–Crippen LogP) is 3.97. The number of aromatic nitrogens is 3. The number of anilines is 1. The smallest absolute Gasteiger partial charge is 0.258 e. The summed E-state index contributed by atoms with van der Waals surface area (Å²) in [5, 5.41) is 14.4. The van der Waals surface area contributed by atoms with Gasteiger partial charge in [0.2, 0.25) is 5.91 Å². The number of rotatable bonds is 10. The van der Waals surface area contributed by atoms with Crippen LogP contribution < -0.4 is 15.4 Å². The van der Waals surface area contributed by atoms with Crippen LogP contribution in [0.3, 0.4) is 0 Å². The van der Waals surface area contributed by atoms with E-state index in [-0.39, 0.29) is 30.7 Å². The van der Waals surface area contributed by atoms with Crippen molar-refractivity contribution in [1.29, 1.82) is 0 Å². The molecule has 10 heteroatoms. The van der Waals surface area contributed by atoms with Gasteiger partial charge in [-0.05, 0) is 70.5 Å². The van der Waals surface area contributed by atoms with Gasteiger partial charge in [-0.3, -0.25) is 9.59 Å². The van der Waals surface area contributed by atoms with Gasteiger partial charge in [0.15, 0.2) is 17.6 Å². The van der Waals surface area contributed by atoms with Crippen LogP contribution in [0.4, 0.5) is 5.69 Å². The van der Waals surface area contributed by atoms with Crippen LogP contribution in [0.15, 0.2) is 53.7 Å². The second-order valence-electron chi connectivity index (χ2n) is 7.59. The molecule has 0 bridgehead atoms. The third-order valence-corrected chi connectivity index (χ3v) is 6.49. The Hall–Kier alpha value is -2.60. The van der Waals surface area contributed by atoms with Crippen molar-refractivity contribution in [2.24, 2.45) is 7.05 Å². The van der Waals surface area contributed by atoms with Gasteiger partial charge >= 0.3 is 0 Å². The van der Waals surface area contributed by atoms with E-state index in [1.54, 1.807) is 11.6 Å². The number of benzene rings is 2. The highest BCUT2D eigenvalue weighted by Crippen LogP contribution is 2.19. The molecule has 2 amide bonds. The fourth-order valence-corrected chi connectivity index (χ4v) is 3.90. The maximum Gasteiger partial charge on any atom is 0.258 e. The van der Waals surface area contributed by atoms with E-state index >= 15 is 0 Å². The quantitative estimate of drug-likeness (QED) is 0.279. The molecule has 0 aliphatic heterocycles. The number of ether oxygens (including phenoxy) is 1. The van der Waals surface area contributed by atoms with Crippen molar-refractivity contribution in [2.75, 3.05) is 17.7 Å². The van der Waals surface area contributed by atoms with Gasteiger partial charge in [-0.2, -0.15) is 0 Å². The summed E-state index contributed by atoms with van der Waals surface area (Å²) in [6.45, 7) is 4.38. The van der Waals surface area contributed by atoms with Gasteiger partial charge in [0, 0.05) is 16.3 Å². The molecule has 174 valence electrons. The van der Waals surface area contributed by atoms with Gasteiger partial charge in [-0.15, -0.1) is 10.2 Å². The molecule has 1 aromatic heterocycles. The van der Waals surface area contributed by atoms with Crippen LogP contribution in [0.2, 0.25) is 0 Å². The summed E-state index contributed by atoms with van der Waals surface area (Å²) < 4.78 is 8.40. The summed E-state index contributed by atoms with van der Waals surface area (Å²) in [7, 11) is 1.80. The molecule has 0 saturated carbocycles. The Bertz CT molecular complexity index is 1080. The number of halogens is 1. The summed E-state index contributed by atoms with van der Waals surface area (Å²) in [5.41, 5.74) is 1.97. The first kappa shape index (κ1) is 25.0. The topological polar surface area (TPSA) is 98.1 Å². The maximum absolute atomic E-state index is 12.2. The number of hydrogen-bond acceptors (Lipinski definition) is 6. The molecule has 33 heavy (non-hydrogen) atoms. The summed E-state index contributed by atoms with van der Waals surface area (Å²) in [4.78, 5) is 24.3. The third kappa shape index (κ3) is 7.74. The van der Waals surface area contributed by atoms with Gasteiger partial charge < -0.3 is 19.9 Å². The first-order valence-electron chi connectivity index (χ1n) is 10.4. The first-order valence-corrected chi connectivity index (χ1v) is 12.4. The predicted molar refractivity (Wildman–Crippen MR) is 137 cm³/mol. The van der Waals surface area contributed by atoms with Gasteiger partial charge in [-0.25, -0.2) is 0 Å². The lowest BCUT2D eigenvalue weighted by atomic mass is 10.0. The molecular weight excluding hydrogens is 553 g/mol. The molecule has 3 aromatic rings. The van der Waals surface area contributed by atoms with Gasteiger partial charge in [-0.1, -0.05) is 37.7 Å². The van der Waals surface area contributed by atoms with Crippen LogP contribution in [0.25, 0.3) is 0 Å². The average molecular weight is 579 g/mol. The van der Waals surface area contributed by atoms with Crippen LogP contribution >= 0.6 is 34.4 Å². The van der Waals surface area contributed by atoms with Crippen molar-refractivity contribution in [3.8, 4) is 5.75 Å². The molecule has 1 heterocycles. The molecule has 0 radical (unpaired) electrons. The number of hydrogen-bond donors (Lipinski definition) is 2. The zero-order chi connectivity index (χ0) is 23.8.